The molecule has 1 aromatic carbocycles. The Kier molecular flexibility index (Phi) is 2.87. The molecule has 0 radical (unpaired) electrons. The third-order valence-electron chi connectivity index (χ3n) is 5.54. The fourth-order valence-electron chi connectivity index (χ4n) is 4.36. The number of piperidine rings is 3. The second-order valence-electron chi connectivity index (χ2n) is 6.95. The van der Waals surface area contributed by atoms with Crippen molar-refractivity contribution in [1.29, 1.82) is 0 Å². The number of thiazole rings is 1. The van der Waals surface area contributed by atoms with E-state index in [2.05, 4.69) is 26.6 Å². The van der Waals surface area contributed by atoms with Gasteiger partial charge < -0.3 is 20.6 Å². The van der Waals surface area contributed by atoms with Crippen molar-refractivity contribution in [3.8, 4) is 5.75 Å². The molecule has 120 valence electrons. The van der Waals surface area contributed by atoms with Gasteiger partial charge in [0.2, 0.25) is 0 Å². The van der Waals surface area contributed by atoms with Crippen LogP contribution in [-0.2, 0) is 0 Å². The summed E-state index contributed by atoms with van der Waals surface area (Å²) in [5.41, 5.74) is 1.15. The lowest BCUT2D eigenvalue weighted by Gasteiger charge is -2.52. The van der Waals surface area contributed by atoms with Crippen molar-refractivity contribution in [2.75, 3.05) is 25.0 Å². The average Bonchev–Trinajstić information content (AvgIpc) is 3.12. The third kappa shape index (κ3) is 2.20. The maximum Gasteiger partial charge on any atom is 0.189 e. The van der Waals surface area contributed by atoms with E-state index >= 15 is 0 Å². The quantitative estimate of drug-likeness (QED) is 0.791. The number of aromatic nitrogens is 1. The van der Waals surface area contributed by atoms with Gasteiger partial charge in [0.25, 0.3) is 0 Å². The highest BCUT2D eigenvalue weighted by molar-refractivity contribution is 7.22. The highest BCUT2D eigenvalue weighted by Crippen LogP contribution is 2.41. The number of aromatic hydroxyl groups is 1. The van der Waals surface area contributed by atoms with Crippen LogP contribution >= 0.6 is 11.3 Å². The molecule has 5 nitrogen and oxygen atoms in total. The molecular formula is C17H20N4OS. The van der Waals surface area contributed by atoms with Gasteiger partial charge in [-0.05, 0) is 62.5 Å². The van der Waals surface area contributed by atoms with Crippen LogP contribution < -0.4 is 10.6 Å². The van der Waals surface area contributed by atoms with Crippen molar-refractivity contribution in [2.45, 2.75) is 24.8 Å². The van der Waals surface area contributed by atoms with Gasteiger partial charge in [-0.2, -0.15) is 0 Å². The summed E-state index contributed by atoms with van der Waals surface area (Å²) in [6.45, 7) is 3.68. The van der Waals surface area contributed by atoms with E-state index < -0.39 is 0 Å². The summed E-state index contributed by atoms with van der Waals surface area (Å²) >= 11 is 1.58. The van der Waals surface area contributed by atoms with Gasteiger partial charge in [-0.1, -0.05) is 11.3 Å². The summed E-state index contributed by atoms with van der Waals surface area (Å²) in [5.74, 6) is 2.16. The molecule has 1 spiro atoms. The van der Waals surface area contributed by atoms with E-state index in [1.54, 1.807) is 23.5 Å². The topological polar surface area (TPSA) is 60.4 Å². The van der Waals surface area contributed by atoms with E-state index in [1.807, 2.05) is 6.07 Å². The Balaban J connectivity index is 1.35. The van der Waals surface area contributed by atoms with Crippen LogP contribution in [0.4, 0.5) is 5.13 Å². The number of rotatable bonds is 2. The van der Waals surface area contributed by atoms with Gasteiger partial charge in [-0.3, -0.25) is 0 Å². The number of anilines is 1. The van der Waals surface area contributed by atoms with Crippen LogP contribution in [0.25, 0.3) is 10.2 Å². The van der Waals surface area contributed by atoms with Crippen molar-refractivity contribution >= 4 is 26.7 Å². The minimum atomic E-state index is 0.230. The Labute approximate surface area is 139 Å². The fraction of sp³-hybridized carbons (Fsp3) is 0.471. The minimum absolute atomic E-state index is 0.230. The molecule has 0 unspecified atom stereocenters. The number of fused-ring (bicyclic) bond motifs is 3. The first kappa shape index (κ1) is 13.6. The van der Waals surface area contributed by atoms with Crippen LogP contribution in [-0.4, -0.2) is 40.2 Å². The molecule has 1 aromatic heterocycles. The molecule has 2 aromatic rings. The first-order chi connectivity index (χ1) is 11.2. The molecule has 23 heavy (non-hydrogen) atoms. The molecule has 4 aliphatic heterocycles. The SMILES string of the molecule is Oc1ccc2nc(NC3=CC[C@]4(CN5CCC4CC5)N3)sc2c1. The number of phenolic OH excluding ortho intramolecular Hbond substituents is 1. The standard InChI is InChI=1S/C17H20N4OS/c22-12-1-2-13-14(9-12)23-16(18-13)19-15-3-6-17(20-15)10-21-7-4-11(17)5-8-21/h1-3,9,11,20,22H,4-8,10H2,(H,18,19)/t17-/m1/s1. The van der Waals surface area contributed by atoms with Crippen LogP contribution in [0.1, 0.15) is 19.3 Å². The molecule has 0 aliphatic carbocycles. The zero-order valence-electron chi connectivity index (χ0n) is 12.9. The van der Waals surface area contributed by atoms with E-state index in [0.29, 0.717) is 0 Å². The summed E-state index contributed by atoms with van der Waals surface area (Å²) in [6, 6.07) is 5.31. The van der Waals surface area contributed by atoms with Crippen molar-refractivity contribution in [2.24, 2.45) is 5.92 Å². The Morgan fingerprint density at radius 1 is 1.35 bits per heavy atom. The molecule has 6 rings (SSSR count). The molecular weight excluding hydrogens is 308 g/mol. The zero-order chi connectivity index (χ0) is 15.4. The van der Waals surface area contributed by atoms with Gasteiger partial charge >= 0.3 is 0 Å². The molecule has 3 saturated heterocycles. The highest BCUT2D eigenvalue weighted by Gasteiger charge is 2.48. The molecule has 3 fully saturated rings. The zero-order valence-corrected chi connectivity index (χ0v) is 13.7. The van der Waals surface area contributed by atoms with E-state index in [4.69, 9.17) is 0 Å². The number of nitrogens with one attached hydrogen (secondary N) is 2. The summed E-state index contributed by atoms with van der Waals surface area (Å²) in [6.07, 6.45) is 6.01. The number of phenols is 1. The van der Waals surface area contributed by atoms with Crippen LogP contribution in [0.5, 0.6) is 5.75 Å². The van der Waals surface area contributed by atoms with Crippen LogP contribution in [0.2, 0.25) is 0 Å². The first-order valence-electron chi connectivity index (χ1n) is 8.27. The van der Waals surface area contributed by atoms with Crippen LogP contribution in [0.15, 0.2) is 30.1 Å². The lowest BCUT2D eigenvalue weighted by Crippen LogP contribution is -2.64. The normalized spacial score (nSPS) is 32.3. The molecule has 6 heteroatoms. The molecule has 1 atom stereocenters. The predicted molar refractivity (Wildman–Crippen MR) is 92.6 cm³/mol. The molecule has 4 aliphatic rings. The third-order valence-corrected chi connectivity index (χ3v) is 6.48. The van der Waals surface area contributed by atoms with Gasteiger partial charge in [0, 0.05) is 6.54 Å². The maximum atomic E-state index is 9.58. The summed E-state index contributed by atoms with van der Waals surface area (Å²) in [7, 11) is 0. The average molecular weight is 328 g/mol. The fourth-order valence-corrected chi connectivity index (χ4v) is 5.27. The van der Waals surface area contributed by atoms with Gasteiger partial charge in [-0.25, -0.2) is 4.98 Å². The van der Waals surface area contributed by atoms with Gasteiger partial charge in [-0.15, -0.1) is 0 Å². The maximum absolute atomic E-state index is 9.58. The van der Waals surface area contributed by atoms with Crippen LogP contribution in [0, 0.1) is 5.92 Å². The summed E-state index contributed by atoms with van der Waals surface area (Å²) in [4.78, 5) is 7.19. The van der Waals surface area contributed by atoms with E-state index in [0.717, 1.165) is 40.1 Å². The van der Waals surface area contributed by atoms with E-state index in [9.17, 15) is 5.11 Å². The highest BCUT2D eigenvalue weighted by atomic mass is 32.1. The molecule has 2 bridgehead atoms. The van der Waals surface area contributed by atoms with Crippen LogP contribution in [0.3, 0.4) is 0 Å². The van der Waals surface area contributed by atoms with E-state index in [-0.39, 0.29) is 11.3 Å². The van der Waals surface area contributed by atoms with Crippen molar-refractivity contribution < 1.29 is 5.11 Å². The smallest absolute Gasteiger partial charge is 0.189 e. The molecule has 0 saturated carbocycles. The lowest BCUT2D eigenvalue weighted by molar-refractivity contribution is 0.0189. The molecule has 0 amide bonds. The minimum Gasteiger partial charge on any atom is -0.508 e. The van der Waals surface area contributed by atoms with Gasteiger partial charge in [0.1, 0.15) is 11.6 Å². The van der Waals surface area contributed by atoms with Gasteiger partial charge in [0.15, 0.2) is 5.13 Å². The summed E-state index contributed by atoms with van der Waals surface area (Å²) < 4.78 is 1.00. The predicted octanol–water partition coefficient (Wildman–Crippen LogP) is 2.71. The second kappa shape index (κ2) is 4.85. The van der Waals surface area contributed by atoms with Crippen molar-refractivity contribution in [3.05, 3.63) is 30.1 Å². The van der Waals surface area contributed by atoms with Crippen molar-refractivity contribution in [1.82, 2.24) is 15.2 Å². The number of nitrogens with zero attached hydrogens (tertiary/aromatic N) is 2. The van der Waals surface area contributed by atoms with E-state index in [1.165, 1.54) is 25.9 Å². The number of hydrogen-bond donors (Lipinski definition) is 3. The Hall–Kier alpha value is -1.79. The monoisotopic (exact) mass is 328 g/mol. The Morgan fingerprint density at radius 2 is 2.22 bits per heavy atom. The number of hydrogen-bond acceptors (Lipinski definition) is 6. The Morgan fingerprint density at radius 3 is 3.00 bits per heavy atom. The summed E-state index contributed by atoms with van der Waals surface area (Å²) in [5, 5.41) is 17.7. The van der Waals surface area contributed by atoms with Crippen molar-refractivity contribution in [3.63, 3.8) is 0 Å². The molecule has 5 heterocycles. The van der Waals surface area contributed by atoms with Gasteiger partial charge in [0.05, 0.1) is 15.8 Å². The first-order valence-corrected chi connectivity index (χ1v) is 9.09. The lowest BCUT2D eigenvalue weighted by atomic mass is 9.72. The number of benzene rings is 1. The Bertz CT molecular complexity index is 793. The largest absolute Gasteiger partial charge is 0.508 e. The molecule has 3 N–H and O–H groups in total. The second-order valence-corrected chi connectivity index (χ2v) is 7.98.